The molecule has 84 valence electrons. The average molecular weight is 215 g/mol. The SMILES string of the molecule is Cc1ccc(C#N)c(NC2(C)CCCC2)n1. The number of hydrogen-bond donors (Lipinski definition) is 1. The van der Waals surface area contributed by atoms with Crippen molar-refractivity contribution in [1.29, 1.82) is 5.26 Å². The second kappa shape index (κ2) is 4.13. The summed E-state index contributed by atoms with van der Waals surface area (Å²) in [4.78, 5) is 4.42. The molecule has 1 aromatic heterocycles. The molecule has 3 nitrogen and oxygen atoms in total. The summed E-state index contributed by atoms with van der Waals surface area (Å²) in [5.74, 6) is 0.743. The number of anilines is 1. The van der Waals surface area contributed by atoms with E-state index in [1.807, 2.05) is 19.1 Å². The standard InChI is InChI=1S/C13H17N3/c1-10-5-6-11(9-14)12(15-10)16-13(2)7-3-4-8-13/h5-6H,3-4,7-8H2,1-2H3,(H,15,16). The van der Waals surface area contributed by atoms with Crippen LogP contribution in [0, 0.1) is 18.3 Å². The molecule has 0 aromatic carbocycles. The molecule has 1 aliphatic rings. The number of aryl methyl sites for hydroxylation is 1. The molecule has 1 aromatic rings. The van der Waals surface area contributed by atoms with Crippen LogP contribution in [0.2, 0.25) is 0 Å². The number of nitrogens with zero attached hydrogens (tertiary/aromatic N) is 2. The highest BCUT2D eigenvalue weighted by molar-refractivity contribution is 5.53. The second-order valence-electron chi connectivity index (χ2n) is 4.85. The van der Waals surface area contributed by atoms with Crippen LogP contribution in [0.25, 0.3) is 0 Å². The maximum absolute atomic E-state index is 9.04. The Bertz CT molecular complexity index is 425. The van der Waals surface area contributed by atoms with Crippen LogP contribution in [0.3, 0.4) is 0 Å². The minimum absolute atomic E-state index is 0.117. The van der Waals surface area contributed by atoms with E-state index < -0.39 is 0 Å². The third-order valence-corrected chi connectivity index (χ3v) is 3.28. The molecule has 3 heteroatoms. The van der Waals surface area contributed by atoms with Gasteiger partial charge in [-0.25, -0.2) is 4.98 Å². The smallest absolute Gasteiger partial charge is 0.144 e. The molecular weight excluding hydrogens is 198 g/mol. The molecule has 16 heavy (non-hydrogen) atoms. The van der Waals surface area contributed by atoms with Crippen molar-refractivity contribution in [2.75, 3.05) is 5.32 Å². The summed E-state index contributed by atoms with van der Waals surface area (Å²) in [6.07, 6.45) is 4.84. The maximum Gasteiger partial charge on any atom is 0.144 e. The van der Waals surface area contributed by atoms with Gasteiger partial charge < -0.3 is 5.32 Å². The Labute approximate surface area is 96.5 Å². The first-order valence-corrected chi connectivity index (χ1v) is 5.79. The van der Waals surface area contributed by atoms with E-state index >= 15 is 0 Å². The van der Waals surface area contributed by atoms with Crippen molar-refractivity contribution in [3.05, 3.63) is 23.4 Å². The molecule has 0 amide bonds. The van der Waals surface area contributed by atoms with Gasteiger partial charge in [0.15, 0.2) is 0 Å². The summed E-state index contributed by atoms with van der Waals surface area (Å²) in [7, 11) is 0. The normalized spacial score (nSPS) is 18.1. The summed E-state index contributed by atoms with van der Waals surface area (Å²) in [6, 6.07) is 5.90. The number of hydrogen-bond acceptors (Lipinski definition) is 3. The fourth-order valence-corrected chi connectivity index (χ4v) is 2.31. The Morgan fingerprint density at radius 2 is 2.06 bits per heavy atom. The van der Waals surface area contributed by atoms with Crippen molar-refractivity contribution in [2.45, 2.75) is 45.1 Å². The fourth-order valence-electron chi connectivity index (χ4n) is 2.31. The molecule has 0 spiro atoms. The lowest BCUT2D eigenvalue weighted by Gasteiger charge is -2.26. The highest BCUT2D eigenvalue weighted by Crippen LogP contribution is 2.32. The zero-order valence-electron chi connectivity index (χ0n) is 9.88. The van der Waals surface area contributed by atoms with Gasteiger partial charge in [-0.05, 0) is 38.8 Å². The first-order valence-electron chi connectivity index (χ1n) is 5.79. The number of rotatable bonds is 2. The van der Waals surface area contributed by atoms with E-state index in [2.05, 4.69) is 23.3 Å². The molecule has 1 aliphatic carbocycles. The van der Waals surface area contributed by atoms with Crippen molar-refractivity contribution in [3.8, 4) is 6.07 Å². The van der Waals surface area contributed by atoms with Crippen LogP contribution in [0.4, 0.5) is 5.82 Å². The fraction of sp³-hybridized carbons (Fsp3) is 0.538. The summed E-state index contributed by atoms with van der Waals surface area (Å²) in [6.45, 7) is 4.16. The van der Waals surface area contributed by atoms with Crippen molar-refractivity contribution in [1.82, 2.24) is 4.98 Å². The van der Waals surface area contributed by atoms with Gasteiger partial charge in [-0.2, -0.15) is 5.26 Å². The third kappa shape index (κ3) is 2.16. The summed E-state index contributed by atoms with van der Waals surface area (Å²) < 4.78 is 0. The minimum Gasteiger partial charge on any atom is -0.364 e. The minimum atomic E-state index is 0.117. The lowest BCUT2D eigenvalue weighted by atomic mass is 10.0. The predicted molar refractivity (Wildman–Crippen MR) is 64.2 cm³/mol. The number of pyridine rings is 1. The van der Waals surface area contributed by atoms with E-state index in [-0.39, 0.29) is 5.54 Å². The maximum atomic E-state index is 9.04. The molecule has 1 heterocycles. The molecule has 0 atom stereocenters. The zero-order valence-corrected chi connectivity index (χ0v) is 9.88. The van der Waals surface area contributed by atoms with E-state index in [0.717, 1.165) is 24.4 Å². The zero-order chi connectivity index (χ0) is 11.6. The number of aromatic nitrogens is 1. The Kier molecular flexibility index (Phi) is 2.82. The van der Waals surface area contributed by atoms with Crippen molar-refractivity contribution in [3.63, 3.8) is 0 Å². The predicted octanol–water partition coefficient (Wildman–Crippen LogP) is 3.01. The van der Waals surface area contributed by atoms with Gasteiger partial charge in [0.1, 0.15) is 11.9 Å². The molecule has 0 unspecified atom stereocenters. The Morgan fingerprint density at radius 3 is 2.69 bits per heavy atom. The molecule has 0 radical (unpaired) electrons. The Balaban J connectivity index is 2.26. The van der Waals surface area contributed by atoms with Gasteiger partial charge in [-0.15, -0.1) is 0 Å². The highest BCUT2D eigenvalue weighted by atomic mass is 15.1. The van der Waals surface area contributed by atoms with Crippen LogP contribution >= 0.6 is 0 Å². The quantitative estimate of drug-likeness (QED) is 0.825. The molecule has 0 bridgehead atoms. The Hall–Kier alpha value is -1.56. The van der Waals surface area contributed by atoms with Gasteiger partial charge in [0.05, 0.1) is 5.56 Å². The topological polar surface area (TPSA) is 48.7 Å². The van der Waals surface area contributed by atoms with Crippen molar-refractivity contribution in [2.24, 2.45) is 0 Å². The Morgan fingerprint density at radius 1 is 1.38 bits per heavy atom. The van der Waals surface area contributed by atoms with Crippen LogP contribution in [0.1, 0.15) is 43.9 Å². The van der Waals surface area contributed by atoms with Crippen molar-refractivity contribution < 1.29 is 0 Å². The molecule has 2 rings (SSSR count). The molecule has 1 saturated carbocycles. The van der Waals surface area contributed by atoms with E-state index in [0.29, 0.717) is 5.56 Å². The highest BCUT2D eigenvalue weighted by Gasteiger charge is 2.29. The van der Waals surface area contributed by atoms with Gasteiger partial charge in [0.2, 0.25) is 0 Å². The van der Waals surface area contributed by atoms with Crippen LogP contribution in [-0.4, -0.2) is 10.5 Å². The molecule has 0 aliphatic heterocycles. The average Bonchev–Trinajstić information content (AvgIpc) is 2.65. The van der Waals surface area contributed by atoms with E-state index in [9.17, 15) is 0 Å². The lowest BCUT2D eigenvalue weighted by Crippen LogP contribution is -2.31. The molecule has 1 fully saturated rings. The third-order valence-electron chi connectivity index (χ3n) is 3.28. The number of nitriles is 1. The molecular formula is C13H17N3. The van der Waals surface area contributed by atoms with Crippen LogP contribution < -0.4 is 5.32 Å². The second-order valence-corrected chi connectivity index (χ2v) is 4.85. The van der Waals surface area contributed by atoms with Gasteiger partial charge in [0, 0.05) is 11.2 Å². The molecule has 0 saturated heterocycles. The number of nitrogens with one attached hydrogen (secondary N) is 1. The monoisotopic (exact) mass is 215 g/mol. The van der Waals surface area contributed by atoms with E-state index in [1.165, 1.54) is 12.8 Å². The summed E-state index contributed by atoms with van der Waals surface area (Å²) in [5, 5.41) is 12.5. The molecule has 1 N–H and O–H groups in total. The van der Waals surface area contributed by atoms with Crippen LogP contribution in [0.5, 0.6) is 0 Å². The summed E-state index contributed by atoms with van der Waals surface area (Å²) >= 11 is 0. The van der Waals surface area contributed by atoms with E-state index in [4.69, 9.17) is 5.26 Å². The first kappa shape index (κ1) is 10.9. The van der Waals surface area contributed by atoms with Gasteiger partial charge in [-0.3, -0.25) is 0 Å². The van der Waals surface area contributed by atoms with Crippen LogP contribution in [0.15, 0.2) is 12.1 Å². The largest absolute Gasteiger partial charge is 0.364 e. The first-order chi connectivity index (χ1) is 7.63. The van der Waals surface area contributed by atoms with Gasteiger partial charge >= 0.3 is 0 Å². The van der Waals surface area contributed by atoms with Crippen LogP contribution in [-0.2, 0) is 0 Å². The summed E-state index contributed by atoms with van der Waals surface area (Å²) in [5.41, 5.74) is 1.70. The van der Waals surface area contributed by atoms with Gasteiger partial charge in [0.25, 0.3) is 0 Å². The van der Waals surface area contributed by atoms with Crippen molar-refractivity contribution >= 4 is 5.82 Å². The lowest BCUT2D eigenvalue weighted by molar-refractivity contribution is 0.530. The van der Waals surface area contributed by atoms with Gasteiger partial charge in [-0.1, -0.05) is 12.8 Å². The van der Waals surface area contributed by atoms with E-state index in [1.54, 1.807) is 0 Å².